The van der Waals surface area contributed by atoms with E-state index in [0.29, 0.717) is 37.6 Å². The van der Waals surface area contributed by atoms with E-state index in [2.05, 4.69) is 15.8 Å². The van der Waals surface area contributed by atoms with Gasteiger partial charge in [0.15, 0.2) is 5.76 Å². The zero-order valence-electron chi connectivity index (χ0n) is 14.0. The highest BCUT2D eigenvalue weighted by molar-refractivity contribution is 5.96. The summed E-state index contributed by atoms with van der Waals surface area (Å²) in [6, 6.07) is -1.70. The Hall–Kier alpha value is -1.61. The van der Waals surface area contributed by atoms with Crippen LogP contribution in [0.1, 0.15) is 41.6 Å². The lowest BCUT2D eigenvalue weighted by molar-refractivity contribution is -0.183. The Morgan fingerprint density at radius 1 is 1.38 bits per heavy atom. The fourth-order valence-electron chi connectivity index (χ4n) is 2.78. The molecule has 0 radical (unpaired) electrons. The normalized spacial score (nSPS) is 18.0. The number of nitrogens with zero attached hydrogens (tertiary/aromatic N) is 2. The van der Waals surface area contributed by atoms with Gasteiger partial charge in [0.25, 0.3) is 5.91 Å². The fourth-order valence-corrected chi connectivity index (χ4v) is 2.78. The molecule has 0 spiro atoms. The second-order valence-electron chi connectivity index (χ2n) is 6.22. The van der Waals surface area contributed by atoms with E-state index in [9.17, 15) is 18.0 Å². The first-order chi connectivity index (χ1) is 11.2. The molecule has 24 heavy (non-hydrogen) atoms. The van der Waals surface area contributed by atoms with Gasteiger partial charge in [-0.2, -0.15) is 13.2 Å². The Balaban J connectivity index is 2.09. The number of aryl methyl sites for hydroxylation is 1. The molecule has 0 saturated carbocycles. The monoisotopic (exact) mass is 348 g/mol. The molecular formula is C15H23F3N4O2. The van der Waals surface area contributed by atoms with Crippen molar-refractivity contribution in [2.75, 3.05) is 32.7 Å². The number of carbonyl (C=O) groups excluding carboxylic acids is 1. The highest BCUT2D eigenvalue weighted by Gasteiger charge is 2.44. The lowest BCUT2D eigenvalue weighted by Gasteiger charge is -2.35. The largest absolute Gasteiger partial charge is 0.405 e. The van der Waals surface area contributed by atoms with Gasteiger partial charge < -0.3 is 15.2 Å². The summed E-state index contributed by atoms with van der Waals surface area (Å²) in [5.41, 5.74) is 0.605. The molecule has 0 bridgehead atoms. The van der Waals surface area contributed by atoms with Crippen LogP contribution in [0.3, 0.4) is 0 Å². The van der Waals surface area contributed by atoms with Crippen molar-refractivity contribution in [1.82, 2.24) is 20.7 Å². The second-order valence-corrected chi connectivity index (χ2v) is 6.22. The van der Waals surface area contributed by atoms with Gasteiger partial charge in [0.05, 0.1) is 5.69 Å². The Labute approximate surface area is 138 Å². The van der Waals surface area contributed by atoms with Gasteiger partial charge in [-0.3, -0.25) is 9.69 Å². The predicted molar refractivity (Wildman–Crippen MR) is 81.9 cm³/mol. The first-order valence-electron chi connectivity index (χ1n) is 7.97. The Bertz CT molecular complexity index is 566. The molecule has 0 aromatic carbocycles. The van der Waals surface area contributed by atoms with Gasteiger partial charge in [-0.05, 0) is 6.92 Å². The van der Waals surface area contributed by atoms with Gasteiger partial charge in [0.1, 0.15) is 11.6 Å². The molecule has 2 rings (SSSR count). The first kappa shape index (κ1) is 18.7. The van der Waals surface area contributed by atoms with Crippen LogP contribution in [0.25, 0.3) is 0 Å². The van der Waals surface area contributed by atoms with Crippen LogP contribution in [0, 0.1) is 6.92 Å². The van der Waals surface area contributed by atoms with Gasteiger partial charge in [-0.25, -0.2) is 0 Å². The van der Waals surface area contributed by atoms with E-state index in [4.69, 9.17) is 4.52 Å². The molecule has 2 heterocycles. The van der Waals surface area contributed by atoms with Crippen molar-refractivity contribution >= 4 is 5.91 Å². The number of nitrogens with one attached hydrogen (secondary N) is 2. The molecule has 2 N–H and O–H groups in total. The first-order valence-corrected chi connectivity index (χ1v) is 7.97. The summed E-state index contributed by atoms with van der Waals surface area (Å²) in [4.78, 5) is 13.7. The number of carbonyl (C=O) groups is 1. The zero-order valence-corrected chi connectivity index (χ0v) is 14.0. The quantitative estimate of drug-likeness (QED) is 0.847. The lowest BCUT2D eigenvalue weighted by Crippen LogP contribution is -2.57. The fraction of sp³-hybridized carbons (Fsp3) is 0.733. The third-order valence-electron chi connectivity index (χ3n) is 4.07. The summed E-state index contributed by atoms with van der Waals surface area (Å²) < 4.78 is 45.1. The molecule has 1 saturated heterocycles. The van der Waals surface area contributed by atoms with E-state index in [-0.39, 0.29) is 11.5 Å². The average Bonchev–Trinajstić information content (AvgIpc) is 2.89. The maximum absolute atomic E-state index is 13.3. The van der Waals surface area contributed by atoms with Gasteiger partial charge in [0.2, 0.25) is 0 Å². The summed E-state index contributed by atoms with van der Waals surface area (Å²) in [7, 11) is 0. The average molecular weight is 348 g/mol. The van der Waals surface area contributed by atoms with E-state index in [1.54, 1.807) is 6.92 Å². The van der Waals surface area contributed by atoms with Crippen LogP contribution in [-0.2, 0) is 0 Å². The standard InChI is InChI=1S/C15H23F3N4O2/c1-9(2)13-12(10(3)21-24-13)14(23)20-8-11(15(16,17)18)22-6-4-19-5-7-22/h9,11,19H,4-8H2,1-3H3,(H,20,23). The maximum Gasteiger partial charge on any atom is 0.405 e. The minimum atomic E-state index is -4.41. The predicted octanol–water partition coefficient (Wildman–Crippen LogP) is 1.67. The maximum atomic E-state index is 13.3. The molecule has 1 aromatic rings. The van der Waals surface area contributed by atoms with Crippen molar-refractivity contribution in [2.45, 2.75) is 38.9 Å². The molecule has 1 aromatic heterocycles. The highest BCUT2D eigenvalue weighted by atomic mass is 19.4. The van der Waals surface area contributed by atoms with Crippen LogP contribution < -0.4 is 10.6 Å². The Morgan fingerprint density at radius 3 is 2.54 bits per heavy atom. The number of rotatable bonds is 5. The molecule has 9 heteroatoms. The molecule has 1 unspecified atom stereocenters. The van der Waals surface area contributed by atoms with Gasteiger partial charge in [0, 0.05) is 38.6 Å². The van der Waals surface area contributed by atoms with Crippen LogP contribution in [0.2, 0.25) is 0 Å². The third-order valence-corrected chi connectivity index (χ3v) is 4.07. The zero-order chi connectivity index (χ0) is 17.9. The van der Waals surface area contributed by atoms with Crippen molar-refractivity contribution in [3.8, 4) is 0 Å². The van der Waals surface area contributed by atoms with Crippen molar-refractivity contribution < 1.29 is 22.5 Å². The molecule has 1 aliphatic rings. The van der Waals surface area contributed by atoms with Crippen molar-refractivity contribution in [1.29, 1.82) is 0 Å². The summed E-state index contributed by atoms with van der Waals surface area (Å²) in [6.07, 6.45) is -4.41. The smallest absolute Gasteiger partial charge is 0.360 e. The van der Waals surface area contributed by atoms with Gasteiger partial charge in [-0.15, -0.1) is 0 Å². The number of aromatic nitrogens is 1. The van der Waals surface area contributed by atoms with Crippen molar-refractivity contribution in [3.63, 3.8) is 0 Å². The van der Waals surface area contributed by atoms with E-state index < -0.39 is 24.7 Å². The molecule has 6 nitrogen and oxygen atoms in total. The summed E-state index contributed by atoms with van der Waals surface area (Å²) >= 11 is 0. The molecule has 1 amide bonds. The summed E-state index contributed by atoms with van der Waals surface area (Å²) in [5, 5.41) is 9.17. The number of alkyl halides is 3. The van der Waals surface area contributed by atoms with Gasteiger partial charge >= 0.3 is 6.18 Å². The van der Waals surface area contributed by atoms with Crippen LogP contribution in [0.4, 0.5) is 13.2 Å². The van der Waals surface area contributed by atoms with E-state index in [0.717, 1.165) is 0 Å². The highest BCUT2D eigenvalue weighted by Crippen LogP contribution is 2.26. The van der Waals surface area contributed by atoms with Crippen molar-refractivity contribution in [2.24, 2.45) is 0 Å². The summed E-state index contributed by atoms with van der Waals surface area (Å²) in [5.74, 6) is -0.281. The molecular weight excluding hydrogens is 325 g/mol. The molecule has 136 valence electrons. The minimum Gasteiger partial charge on any atom is -0.360 e. The van der Waals surface area contributed by atoms with Crippen LogP contribution in [0.15, 0.2) is 4.52 Å². The van der Waals surface area contributed by atoms with Crippen LogP contribution in [-0.4, -0.2) is 60.9 Å². The number of hydrogen-bond donors (Lipinski definition) is 2. The molecule has 1 aliphatic heterocycles. The Morgan fingerprint density at radius 2 is 2.00 bits per heavy atom. The number of piperazine rings is 1. The minimum absolute atomic E-state index is 0.0847. The van der Waals surface area contributed by atoms with Crippen LogP contribution in [0.5, 0.6) is 0 Å². The molecule has 1 fully saturated rings. The molecule has 1 atom stereocenters. The van der Waals surface area contributed by atoms with E-state index in [1.165, 1.54) is 4.90 Å². The SMILES string of the molecule is Cc1noc(C(C)C)c1C(=O)NCC(N1CCNCC1)C(F)(F)F. The number of halogens is 3. The van der Waals surface area contributed by atoms with Crippen LogP contribution >= 0.6 is 0 Å². The van der Waals surface area contributed by atoms with E-state index >= 15 is 0 Å². The van der Waals surface area contributed by atoms with Crippen molar-refractivity contribution in [3.05, 3.63) is 17.0 Å². The number of amides is 1. The Kier molecular flexibility index (Phi) is 5.87. The molecule has 0 aliphatic carbocycles. The second kappa shape index (κ2) is 7.52. The van der Waals surface area contributed by atoms with E-state index in [1.807, 2.05) is 13.8 Å². The topological polar surface area (TPSA) is 70.4 Å². The third kappa shape index (κ3) is 4.27. The summed E-state index contributed by atoms with van der Waals surface area (Å²) in [6.45, 7) is 6.36. The lowest BCUT2D eigenvalue weighted by atomic mass is 10.0. The van der Waals surface area contributed by atoms with Gasteiger partial charge in [-0.1, -0.05) is 19.0 Å². The number of hydrogen-bond acceptors (Lipinski definition) is 5.